The van der Waals surface area contributed by atoms with Gasteiger partial charge in [-0.1, -0.05) is 0 Å². The SMILES string of the molecule is CCOCC(C)NC(=O)c1c(N)n[nH]c1C. The van der Waals surface area contributed by atoms with Crippen molar-refractivity contribution < 1.29 is 9.53 Å². The van der Waals surface area contributed by atoms with Crippen LogP contribution in [0.4, 0.5) is 5.82 Å². The number of aryl methyl sites for hydroxylation is 1. The average Bonchev–Trinajstić information content (AvgIpc) is 2.55. The molecule has 0 radical (unpaired) electrons. The van der Waals surface area contributed by atoms with Gasteiger partial charge in [-0.25, -0.2) is 0 Å². The van der Waals surface area contributed by atoms with Gasteiger partial charge in [-0.05, 0) is 20.8 Å². The largest absolute Gasteiger partial charge is 0.382 e. The summed E-state index contributed by atoms with van der Waals surface area (Å²) in [5.41, 5.74) is 6.65. The average molecular weight is 226 g/mol. The molecule has 1 aromatic rings. The molecule has 6 nitrogen and oxygen atoms in total. The van der Waals surface area contributed by atoms with Gasteiger partial charge in [-0.3, -0.25) is 9.89 Å². The lowest BCUT2D eigenvalue weighted by Crippen LogP contribution is -2.36. The number of hydrogen-bond donors (Lipinski definition) is 3. The summed E-state index contributed by atoms with van der Waals surface area (Å²) < 4.78 is 5.20. The Morgan fingerprint density at radius 2 is 2.38 bits per heavy atom. The molecule has 1 heterocycles. The first kappa shape index (κ1) is 12.5. The first-order valence-electron chi connectivity index (χ1n) is 5.25. The van der Waals surface area contributed by atoms with Crippen LogP contribution in [0, 0.1) is 6.92 Å². The fraction of sp³-hybridized carbons (Fsp3) is 0.600. The van der Waals surface area contributed by atoms with Crippen LogP contribution in [0.5, 0.6) is 0 Å². The van der Waals surface area contributed by atoms with Crippen LogP contribution in [0.15, 0.2) is 0 Å². The molecule has 6 heteroatoms. The van der Waals surface area contributed by atoms with Gasteiger partial charge in [-0.15, -0.1) is 0 Å². The molecule has 0 aromatic carbocycles. The van der Waals surface area contributed by atoms with E-state index in [2.05, 4.69) is 15.5 Å². The van der Waals surface area contributed by atoms with Crippen molar-refractivity contribution in [2.75, 3.05) is 18.9 Å². The van der Waals surface area contributed by atoms with E-state index < -0.39 is 0 Å². The van der Waals surface area contributed by atoms with E-state index in [1.165, 1.54) is 0 Å². The minimum Gasteiger partial charge on any atom is -0.382 e. The summed E-state index contributed by atoms with van der Waals surface area (Å²) in [4.78, 5) is 11.8. The molecule has 0 saturated carbocycles. The van der Waals surface area contributed by atoms with Gasteiger partial charge in [0.25, 0.3) is 5.91 Å². The first-order valence-corrected chi connectivity index (χ1v) is 5.25. The molecule has 0 aliphatic heterocycles. The Balaban J connectivity index is 2.59. The predicted octanol–water partition coefficient (Wildman–Crippen LogP) is 0.455. The summed E-state index contributed by atoms with van der Waals surface area (Å²) in [5.74, 6) is -0.00503. The number of ether oxygens (including phenoxy) is 1. The number of amides is 1. The summed E-state index contributed by atoms with van der Waals surface area (Å²) in [6, 6.07) is -0.0545. The van der Waals surface area contributed by atoms with Crippen molar-refractivity contribution >= 4 is 11.7 Å². The summed E-state index contributed by atoms with van der Waals surface area (Å²) in [6.07, 6.45) is 0. The Labute approximate surface area is 94.5 Å². The van der Waals surface area contributed by atoms with Gasteiger partial charge in [-0.2, -0.15) is 5.10 Å². The van der Waals surface area contributed by atoms with Gasteiger partial charge in [0.2, 0.25) is 0 Å². The van der Waals surface area contributed by atoms with Crippen LogP contribution in [0.1, 0.15) is 29.9 Å². The molecule has 0 bridgehead atoms. The van der Waals surface area contributed by atoms with Crippen LogP contribution in [0.3, 0.4) is 0 Å². The lowest BCUT2D eigenvalue weighted by atomic mass is 10.2. The van der Waals surface area contributed by atoms with Crippen LogP contribution in [-0.2, 0) is 4.74 Å². The Kier molecular flexibility index (Phi) is 4.30. The van der Waals surface area contributed by atoms with Crippen molar-refractivity contribution in [2.45, 2.75) is 26.8 Å². The Morgan fingerprint density at radius 3 is 2.88 bits per heavy atom. The monoisotopic (exact) mass is 226 g/mol. The third-order valence-corrected chi connectivity index (χ3v) is 2.15. The molecule has 90 valence electrons. The Hall–Kier alpha value is -1.56. The van der Waals surface area contributed by atoms with E-state index in [9.17, 15) is 4.79 Å². The minimum atomic E-state index is -0.226. The highest BCUT2D eigenvalue weighted by Crippen LogP contribution is 2.11. The third kappa shape index (κ3) is 2.96. The van der Waals surface area contributed by atoms with E-state index in [0.717, 1.165) is 0 Å². The molecule has 1 amide bonds. The zero-order chi connectivity index (χ0) is 12.1. The van der Waals surface area contributed by atoms with E-state index in [-0.39, 0.29) is 17.8 Å². The molecule has 4 N–H and O–H groups in total. The highest BCUT2D eigenvalue weighted by atomic mass is 16.5. The number of anilines is 1. The van der Waals surface area contributed by atoms with Crippen LogP contribution in [0.2, 0.25) is 0 Å². The fourth-order valence-electron chi connectivity index (χ4n) is 1.37. The molecule has 1 unspecified atom stereocenters. The van der Waals surface area contributed by atoms with Gasteiger partial charge in [0.15, 0.2) is 5.82 Å². The van der Waals surface area contributed by atoms with Crippen molar-refractivity contribution in [3.8, 4) is 0 Å². The van der Waals surface area contributed by atoms with E-state index in [1.807, 2.05) is 13.8 Å². The number of nitrogens with two attached hydrogens (primary N) is 1. The number of rotatable bonds is 5. The smallest absolute Gasteiger partial charge is 0.257 e. The summed E-state index contributed by atoms with van der Waals surface area (Å²) in [6.45, 7) is 6.66. The zero-order valence-electron chi connectivity index (χ0n) is 9.83. The van der Waals surface area contributed by atoms with Crippen LogP contribution >= 0.6 is 0 Å². The highest BCUT2D eigenvalue weighted by molar-refractivity contribution is 5.99. The standard InChI is InChI=1S/C10H18N4O2/c1-4-16-5-6(2)12-10(15)8-7(3)13-14-9(8)11/h6H,4-5H2,1-3H3,(H,12,15)(H3,11,13,14). The molecule has 1 aromatic heterocycles. The van der Waals surface area contributed by atoms with Crippen molar-refractivity contribution in [2.24, 2.45) is 0 Å². The van der Waals surface area contributed by atoms with Gasteiger partial charge >= 0.3 is 0 Å². The fourth-order valence-corrected chi connectivity index (χ4v) is 1.37. The van der Waals surface area contributed by atoms with Gasteiger partial charge in [0, 0.05) is 18.3 Å². The molecule has 1 atom stereocenters. The number of carbonyl (C=O) groups is 1. The second-order valence-electron chi connectivity index (χ2n) is 3.64. The number of nitrogens with one attached hydrogen (secondary N) is 2. The van der Waals surface area contributed by atoms with Crippen LogP contribution < -0.4 is 11.1 Å². The van der Waals surface area contributed by atoms with E-state index in [4.69, 9.17) is 10.5 Å². The summed E-state index contributed by atoms with van der Waals surface area (Å²) in [7, 11) is 0. The third-order valence-electron chi connectivity index (χ3n) is 2.15. The number of hydrogen-bond acceptors (Lipinski definition) is 4. The number of nitrogens with zero attached hydrogens (tertiary/aromatic N) is 1. The van der Waals surface area contributed by atoms with Crippen LogP contribution in [0.25, 0.3) is 0 Å². The van der Waals surface area contributed by atoms with Crippen LogP contribution in [-0.4, -0.2) is 35.4 Å². The number of carbonyl (C=O) groups excluding carboxylic acids is 1. The van der Waals surface area contributed by atoms with E-state index >= 15 is 0 Å². The molecule has 0 fully saturated rings. The first-order chi connectivity index (χ1) is 7.56. The number of aromatic nitrogens is 2. The number of nitrogen functional groups attached to an aromatic ring is 1. The molecule has 1 rings (SSSR count). The molecule has 0 aliphatic rings. The topological polar surface area (TPSA) is 93.0 Å². The molecule has 0 saturated heterocycles. The van der Waals surface area contributed by atoms with Crippen molar-refractivity contribution in [3.05, 3.63) is 11.3 Å². The Morgan fingerprint density at radius 1 is 1.69 bits per heavy atom. The maximum Gasteiger partial charge on any atom is 0.257 e. The highest BCUT2D eigenvalue weighted by Gasteiger charge is 2.17. The quantitative estimate of drug-likeness (QED) is 0.679. The Bertz CT molecular complexity index is 342. The minimum absolute atomic E-state index is 0.0545. The van der Waals surface area contributed by atoms with Gasteiger partial charge in [0.1, 0.15) is 5.56 Å². The zero-order valence-corrected chi connectivity index (χ0v) is 9.83. The second kappa shape index (κ2) is 5.50. The lowest BCUT2D eigenvalue weighted by molar-refractivity contribution is 0.0872. The number of aromatic amines is 1. The molecule has 0 spiro atoms. The van der Waals surface area contributed by atoms with E-state index in [1.54, 1.807) is 6.92 Å². The molecular formula is C10H18N4O2. The maximum absolute atomic E-state index is 11.8. The molecule has 0 aliphatic carbocycles. The summed E-state index contributed by atoms with van der Waals surface area (Å²) in [5, 5.41) is 9.23. The summed E-state index contributed by atoms with van der Waals surface area (Å²) >= 11 is 0. The maximum atomic E-state index is 11.8. The predicted molar refractivity (Wildman–Crippen MR) is 61.2 cm³/mol. The molecular weight excluding hydrogens is 208 g/mol. The van der Waals surface area contributed by atoms with Crippen molar-refractivity contribution in [1.82, 2.24) is 15.5 Å². The second-order valence-corrected chi connectivity index (χ2v) is 3.64. The van der Waals surface area contributed by atoms with E-state index in [0.29, 0.717) is 24.5 Å². The number of H-pyrrole nitrogens is 1. The normalized spacial score (nSPS) is 12.4. The van der Waals surface area contributed by atoms with Crippen molar-refractivity contribution in [1.29, 1.82) is 0 Å². The van der Waals surface area contributed by atoms with Gasteiger partial charge < -0.3 is 15.8 Å². The lowest BCUT2D eigenvalue weighted by Gasteiger charge is -2.13. The van der Waals surface area contributed by atoms with Gasteiger partial charge in [0.05, 0.1) is 6.61 Å². The van der Waals surface area contributed by atoms with Crippen molar-refractivity contribution in [3.63, 3.8) is 0 Å². The molecule has 16 heavy (non-hydrogen) atoms.